The van der Waals surface area contributed by atoms with Gasteiger partial charge in [0, 0.05) is 5.39 Å². The predicted octanol–water partition coefficient (Wildman–Crippen LogP) is 3.13. The van der Waals surface area contributed by atoms with Gasteiger partial charge in [-0.15, -0.1) is 0 Å². The molecular weight excluding hydrogens is 155 g/mol. The summed E-state index contributed by atoms with van der Waals surface area (Å²) >= 11 is 0. The first-order chi connectivity index (χ1) is 5.81. The van der Waals surface area contributed by atoms with Crippen LogP contribution in [0.1, 0.15) is 12.5 Å². The number of hydrogen-bond donors (Lipinski definition) is 0. The number of furan rings is 1. The van der Waals surface area contributed by atoms with E-state index < -0.39 is 0 Å². The molecule has 0 radical (unpaired) electrons. The van der Waals surface area contributed by atoms with Crippen LogP contribution in [-0.4, -0.2) is 0 Å². The molecule has 0 spiro atoms. The second-order valence-electron chi connectivity index (χ2n) is 2.76. The summed E-state index contributed by atoms with van der Waals surface area (Å²) in [6.07, 6.45) is 2.38. The van der Waals surface area contributed by atoms with E-state index in [2.05, 4.69) is 0 Å². The first-order valence-electron chi connectivity index (χ1n) is 3.97. The van der Waals surface area contributed by atoms with E-state index in [0.717, 1.165) is 23.0 Å². The highest BCUT2D eigenvalue weighted by molar-refractivity contribution is 5.80. The van der Waals surface area contributed by atoms with Crippen molar-refractivity contribution in [3.8, 4) is 0 Å². The SMILES string of the molecule is CCc1cc(F)cc2ccoc12. The van der Waals surface area contributed by atoms with E-state index in [4.69, 9.17) is 4.42 Å². The molecule has 0 saturated heterocycles. The second kappa shape index (κ2) is 2.63. The number of halogens is 1. The summed E-state index contributed by atoms with van der Waals surface area (Å²) in [7, 11) is 0. The summed E-state index contributed by atoms with van der Waals surface area (Å²) < 4.78 is 18.1. The lowest BCUT2D eigenvalue weighted by molar-refractivity contribution is 0.604. The normalized spacial score (nSPS) is 10.8. The lowest BCUT2D eigenvalue weighted by Crippen LogP contribution is -1.83. The minimum absolute atomic E-state index is 0.194. The van der Waals surface area contributed by atoms with Crippen LogP contribution in [0.25, 0.3) is 11.0 Å². The Morgan fingerprint density at radius 1 is 1.42 bits per heavy atom. The van der Waals surface area contributed by atoms with Crippen molar-refractivity contribution >= 4 is 11.0 Å². The van der Waals surface area contributed by atoms with E-state index in [-0.39, 0.29) is 5.82 Å². The molecule has 0 aliphatic heterocycles. The van der Waals surface area contributed by atoms with Crippen molar-refractivity contribution in [2.24, 2.45) is 0 Å². The molecule has 0 atom stereocenters. The van der Waals surface area contributed by atoms with Gasteiger partial charge in [0.1, 0.15) is 11.4 Å². The Bertz CT molecular complexity index is 403. The maximum atomic E-state index is 12.9. The zero-order chi connectivity index (χ0) is 8.55. The molecule has 12 heavy (non-hydrogen) atoms. The van der Waals surface area contributed by atoms with Crippen LogP contribution < -0.4 is 0 Å². The first kappa shape index (κ1) is 7.35. The van der Waals surface area contributed by atoms with Gasteiger partial charge in [-0.1, -0.05) is 6.92 Å². The Morgan fingerprint density at radius 3 is 3.00 bits per heavy atom. The van der Waals surface area contributed by atoms with E-state index in [0.29, 0.717) is 0 Å². The molecule has 1 aromatic carbocycles. The van der Waals surface area contributed by atoms with E-state index in [1.54, 1.807) is 12.3 Å². The molecule has 1 heterocycles. The van der Waals surface area contributed by atoms with Gasteiger partial charge >= 0.3 is 0 Å². The topological polar surface area (TPSA) is 13.1 Å². The Labute approximate surface area is 69.8 Å². The number of benzene rings is 1. The van der Waals surface area contributed by atoms with Crippen LogP contribution in [0.2, 0.25) is 0 Å². The van der Waals surface area contributed by atoms with Gasteiger partial charge in [0.2, 0.25) is 0 Å². The zero-order valence-corrected chi connectivity index (χ0v) is 6.80. The van der Waals surface area contributed by atoms with Gasteiger partial charge in [-0.25, -0.2) is 4.39 Å². The first-order valence-corrected chi connectivity index (χ1v) is 3.97. The average molecular weight is 164 g/mol. The minimum atomic E-state index is -0.194. The third-order valence-electron chi connectivity index (χ3n) is 1.97. The van der Waals surface area contributed by atoms with Gasteiger partial charge in [-0.2, -0.15) is 0 Å². The maximum absolute atomic E-state index is 12.9. The summed E-state index contributed by atoms with van der Waals surface area (Å²) in [5, 5.41) is 0.840. The molecule has 2 aromatic rings. The van der Waals surface area contributed by atoms with E-state index >= 15 is 0 Å². The van der Waals surface area contributed by atoms with Gasteiger partial charge < -0.3 is 4.42 Å². The highest BCUT2D eigenvalue weighted by Gasteiger charge is 2.04. The van der Waals surface area contributed by atoms with Crippen molar-refractivity contribution < 1.29 is 8.81 Å². The molecular formula is C10H9FO. The van der Waals surface area contributed by atoms with E-state index in [1.807, 2.05) is 6.92 Å². The standard InChI is InChI=1S/C10H9FO/c1-2-7-5-9(11)6-8-3-4-12-10(7)8/h3-6H,2H2,1H3. The van der Waals surface area contributed by atoms with Crippen LogP contribution >= 0.6 is 0 Å². The van der Waals surface area contributed by atoms with Gasteiger partial charge in [0.15, 0.2) is 0 Å². The minimum Gasteiger partial charge on any atom is -0.464 e. The van der Waals surface area contributed by atoms with Gasteiger partial charge in [-0.3, -0.25) is 0 Å². The van der Waals surface area contributed by atoms with Crippen LogP contribution in [0.15, 0.2) is 28.9 Å². The molecule has 0 amide bonds. The molecule has 0 unspecified atom stereocenters. The number of hydrogen-bond acceptors (Lipinski definition) is 1. The molecule has 0 bridgehead atoms. The van der Waals surface area contributed by atoms with Crippen LogP contribution in [0.5, 0.6) is 0 Å². The largest absolute Gasteiger partial charge is 0.464 e. The van der Waals surface area contributed by atoms with E-state index in [9.17, 15) is 4.39 Å². The molecule has 0 aliphatic carbocycles. The Hall–Kier alpha value is -1.31. The van der Waals surface area contributed by atoms with E-state index in [1.165, 1.54) is 12.1 Å². The quantitative estimate of drug-likeness (QED) is 0.631. The fourth-order valence-electron chi connectivity index (χ4n) is 1.38. The Kier molecular flexibility index (Phi) is 1.61. The van der Waals surface area contributed by atoms with Gasteiger partial charge in [-0.05, 0) is 30.2 Å². The predicted molar refractivity (Wildman–Crippen MR) is 45.6 cm³/mol. The number of aryl methyl sites for hydroxylation is 1. The monoisotopic (exact) mass is 164 g/mol. The fraction of sp³-hybridized carbons (Fsp3) is 0.200. The smallest absolute Gasteiger partial charge is 0.137 e. The molecule has 1 aromatic heterocycles. The summed E-state index contributed by atoms with van der Waals surface area (Å²) in [4.78, 5) is 0. The number of fused-ring (bicyclic) bond motifs is 1. The molecule has 0 aliphatic rings. The summed E-state index contributed by atoms with van der Waals surface area (Å²) in [6.45, 7) is 1.98. The lowest BCUT2D eigenvalue weighted by Gasteiger charge is -1.97. The highest BCUT2D eigenvalue weighted by atomic mass is 19.1. The highest BCUT2D eigenvalue weighted by Crippen LogP contribution is 2.21. The Morgan fingerprint density at radius 2 is 2.25 bits per heavy atom. The van der Waals surface area contributed by atoms with Gasteiger partial charge in [0.05, 0.1) is 6.26 Å². The zero-order valence-electron chi connectivity index (χ0n) is 6.80. The molecule has 0 saturated carbocycles. The summed E-state index contributed by atoms with van der Waals surface area (Å²) in [5.41, 5.74) is 1.73. The van der Waals surface area contributed by atoms with Crippen molar-refractivity contribution in [1.82, 2.24) is 0 Å². The summed E-state index contributed by atoms with van der Waals surface area (Å²) in [5.74, 6) is -0.194. The summed E-state index contributed by atoms with van der Waals surface area (Å²) in [6, 6.07) is 4.78. The fourth-order valence-corrected chi connectivity index (χ4v) is 1.38. The molecule has 0 N–H and O–H groups in total. The molecule has 2 rings (SSSR count). The lowest BCUT2D eigenvalue weighted by atomic mass is 10.1. The Balaban J connectivity index is 2.80. The van der Waals surface area contributed by atoms with Gasteiger partial charge in [0.25, 0.3) is 0 Å². The molecule has 2 heteroatoms. The second-order valence-corrected chi connectivity index (χ2v) is 2.76. The van der Waals surface area contributed by atoms with Crippen LogP contribution in [0, 0.1) is 5.82 Å². The molecule has 62 valence electrons. The van der Waals surface area contributed by atoms with Crippen molar-refractivity contribution in [1.29, 1.82) is 0 Å². The third-order valence-corrected chi connectivity index (χ3v) is 1.97. The van der Waals surface area contributed by atoms with Crippen LogP contribution in [-0.2, 0) is 6.42 Å². The number of rotatable bonds is 1. The van der Waals surface area contributed by atoms with Crippen LogP contribution in [0.4, 0.5) is 4.39 Å². The van der Waals surface area contributed by atoms with Crippen molar-refractivity contribution in [3.63, 3.8) is 0 Å². The van der Waals surface area contributed by atoms with Crippen molar-refractivity contribution in [2.45, 2.75) is 13.3 Å². The molecule has 0 fully saturated rings. The average Bonchev–Trinajstić information content (AvgIpc) is 2.50. The van der Waals surface area contributed by atoms with Crippen molar-refractivity contribution in [3.05, 3.63) is 35.8 Å². The van der Waals surface area contributed by atoms with Crippen LogP contribution in [0.3, 0.4) is 0 Å². The third kappa shape index (κ3) is 0.998. The molecule has 1 nitrogen and oxygen atoms in total. The maximum Gasteiger partial charge on any atom is 0.137 e. The van der Waals surface area contributed by atoms with Crippen molar-refractivity contribution in [2.75, 3.05) is 0 Å².